The van der Waals surface area contributed by atoms with Crippen LogP contribution in [0.2, 0.25) is 0 Å². The van der Waals surface area contributed by atoms with Crippen LogP contribution >= 0.6 is 15.9 Å². The molecule has 8 heteroatoms. The van der Waals surface area contributed by atoms with E-state index in [1.807, 2.05) is 0 Å². The first kappa shape index (κ1) is 12.6. The first-order chi connectivity index (χ1) is 8.59. The number of rotatable bonds is 4. The Kier molecular flexibility index (Phi) is 3.66. The van der Waals surface area contributed by atoms with Crippen LogP contribution in [-0.4, -0.2) is 31.3 Å². The van der Waals surface area contributed by atoms with Gasteiger partial charge < -0.3 is 5.11 Å². The van der Waals surface area contributed by atoms with Gasteiger partial charge in [0.05, 0.1) is 18.5 Å². The van der Waals surface area contributed by atoms with Crippen LogP contribution < -0.4 is 0 Å². The van der Waals surface area contributed by atoms with Crippen LogP contribution in [0, 0.1) is 5.82 Å². The zero-order valence-corrected chi connectivity index (χ0v) is 10.6. The first-order valence-corrected chi connectivity index (χ1v) is 5.81. The Balaban J connectivity index is 2.39. The van der Waals surface area contributed by atoms with E-state index in [1.165, 1.54) is 10.7 Å². The van der Waals surface area contributed by atoms with Crippen LogP contribution in [-0.2, 0) is 11.3 Å². The lowest BCUT2D eigenvalue weighted by Crippen LogP contribution is -2.08. The Bertz CT molecular complexity index is 567. The Morgan fingerprint density at radius 1 is 1.50 bits per heavy atom. The highest BCUT2D eigenvalue weighted by atomic mass is 79.9. The van der Waals surface area contributed by atoms with Gasteiger partial charge in [0.15, 0.2) is 5.82 Å². The summed E-state index contributed by atoms with van der Waals surface area (Å²) in [6.07, 6.45) is -0.135. The Morgan fingerprint density at radius 2 is 2.28 bits per heavy atom. The number of nitrogens with zero attached hydrogens (tertiary/aromatic N) is 4. The molecular formula is C10H8BrFN4O2. The average molecular weight is 315 g/mol. The SMILES string of the molecule is O=C(O)CCn1nnnc1-c1c(F)cccc1Br. The van der Waals surface area contributed by atoms with Gasteiger partial charge in [-0.3, -0.25) is 4.79 Å². The fourth-order valence-corrected chi connectivity index (χ4v) is 1.97. The highest BCUT2D eigenvalue weighted by Crippen LogP contribution is 2.28. The molecule has 94 valence electrons. The van der Waals surface area contributed by atoms with E-state index in [0.29, 0.717) is 4.47 Å². The standard InChI is InChI=1S/C10H8BrFN4O2/c11-6-2-1-3-7(12)9(6)10-13-14-15-16(10)5-4-8(17)18/h1-3H,4-5H2,(H,17,18). The predicted molar refractivity (Wildman–Crippen MR) is 63.2 cm³/mol. The van der Waals surface area contributed by atoms with E-state index in [9.17, 15) is 9.18 Å². The van der Waals surface area contributed by atoms with Crippen molar-refractivity contribution in [2.45, 2.75) is 13.0 Å². The molecule has 1 aromatic carbocycles. The lowest BCUT2D eigenvalue weighted by Gasteiger charge is -2.06. The number of hydrogen-bond acceptors (Lipinski definition) is 4. The van der Waals surface area contributed by atoms with E-state index in [-0.39, 0.29) is 24.4 Å². The smallest absolute Gasteiger partial charge is 0.305 e. The van der Waals surface area contributed by atoms with Gasteiger partial charge in [0, 0.05) is 4.47 Å². The molecule has 6 nitrogen and oxygen atoms in total. The van der Waals surface area contributed by atoms with Gasteiger partial charge in [0.1, 0.15) is 5.82 Å². The molecule has 2 aromatic rings. The number of halogens is 2. The second-order valence-corrected chi connectivity index (χ2v) is 4.32. The third-order valence-corrected chi connectivity index (χ3v) is 2.92. The molecule has 0 spiro atoms. The summed E-state index contributed by atoms with van der Waals surface area (Å²) in [4.78, 5) is 10.5. The number of aliphatic carboxylic acids is 1. The number of aromatic nitrogens is 4. The summed E-state index contributed by atoms with van der Waals surface area (Å²) in [5.41, 5.74) is 0.216. The number of aryl methyl sites for hydroxylation is 1. The van der Waals surface area contributed by atoms with E-state index < -0.39 is 11.8 Å². The van der Waals surface area contributed by atoms with Crippen molar-refractivity contribution in [2.24, 2.45) is 0 Å². The zero-order chi connectivity index (χ0) is 13.1. The third-order valence-electron chi connectivity index (χ3n) is 2.26. The second-order valence-electron chi connectivity index (χ2n) is 3.47. The van der Waals surface area contributed by atoms with Gasteiger partial charge >= 0.3 is 5.97 Å². The minimum atomic E-state index is -0.968. The van der Waals surface area contributed by atoms with E-state index in [1.54, 1.807) is 12.1 Å². The number of carboxylic acids is 1. The maximum atomic E-state index is 13.7. The molecule has 1 heterocycles. The molecule has 1 N–H and O–H groups in total. The second kappa shape index (κ2) is 5.21. The van der Waals surface area contributed by atoms with E-state index in [2.05, 4.69) is 31.5 Å². The van der Waals surface area contributed by atoms with Gasteiger partial charge in [0.25, 0.3) is 0 Å². The quantitative estimate of drug-likeness (QED) is 0.929. The first-order valence-electron chi connectivity index (χ1n) is 5.02. The van der Waals surface area contributed by atoms with Crippen molar-refractivity contribution in [2.75, 3.05) is 0 Å². The van der Waals surface area contributed by atoms with Crippen molar-refractivity contribution < 1.29 is 14.3 Å². The molecule has 0 radical (unpaired) electrons. The molecule has 0 aliphatic carbocycles. The van der Waals surface area contributed by atoms with Crippen LogP contribution in [0.25, 0.3) is 11.4 Å². The summed E-state index contributed by atoms with van der Waals surface area (Å²) < 4.78 is 15.5. The molecule has 0 atom stereocenters. The fraction of sp³-hybridized carbons (Fsp3) is 0.200. The maximum Gasteiger partial charge on any atom is 0.305 e. The number of tetrazole rings is 1. The van der Waals surface area contributed by atoms with Gasteiger partial charge in [-0.05, 0) is 38.5 Å². The molecule has 0 unspecified atom stereocenters. The fourth-order valence-electron chi connectivity index (χ4n) is 1.45. The largest absolute Gasteiger partial charge is 0.481 e. The summed E-state index contributed by atoms with van der Waals surface area (Å²) in [7, 11) is 0. The molecule has 0 aliphatic heterocycles. The van der Waals surface area contributed by atoms with E-state index in [4.69, 9.17) is 5.11 Å². The zero-order valence-electron chi connectivity index (χ0n) is 9.05. The minimum absolute atomic E-state index is 0.0818. The monoisotopic (exact) mass is 314 g/mol. The lowest BCUT2D eigenvalue weighted by atomic mass is 10.2. The van der Waals surface area contributed by atoms with Crippen LogP contribution in [0.3, 0.4) is 0 Å². The Hall–Kier alpha value is -1.83. The summed E-state index contributed by atoms with van der Waals surface area (Å²) >= 11 is 3.22. The normalized spacial score (nSPS) is 10.6. The van der Waals surface area contributed by atoms with Crippen molar-refractivity contribution in [1.29, 1.82) is 0 Å². The third kappa shape index (κ3) is 2.53. The lowest BCUT2D eigenvalue weighted by molar-refractivity contribution is -0.137. The van der Waals surface area contributed by atoms with E-state index in [0.717, 1.165) is 0 Å². The van der Waals surface area contributed by atoms with Gasteiger partial charge in [0.2, 0.25) is 0 Å². The molecule has 0 bridgehead atoms. The molecule has 0 amide bonds. The van der Waals surface area contributed by atoms with Crippen molar-refractivity contribution in [3.05, 3.63) is 28.5 Å². The number of hydrogen-bond donors (Lipinski definition) is 1. The van der Waals surface area contributed by atoms with Gasteiger partial charge in [-0.25, -0.2) is 9.07 Å². The van der Waals surface area contributed by atoms with Crippen LogP contribution in [0.5, 0.6) is 0 Å². The molecule has 0 aliphatic rings. The molecular weight excluding hydrogens is 307 g/mol. The Labute approximate surface area is 110 Å². The highest BCUT2D eigenvalue weighted by Gasteiger charge is 2.16. The molecule has 2 rings (SSSR count). The minimum Gasteiger partial charge on any atom is -0.481 e. The Morgan fingerprint density at radius 3 is 2.94 bits per heavy atom. The van der Waals surface area contributed by atoms with Crippen LogP contribution in [0.1, 0.15) is 6.42 Å². The van der Waals surface area contributed by atoms with Gasteiger partial charge in [-0.2, -0.15) is 0 Å². The van der Waals surface area contributed by atoms with Gasteiger partial charge in [-0.1, -0.05) is 6.07 Å². The molecule has 0 saturated heterocycles. The van der Waals surface area contributed by atoms with Gasteiger partial charge in [-0.15, -0.1) is 5.10 Å². The van der Waals surface area contributed by atoms with Crippen LogP contribution in [0.15, 0.2) is 22.7 Å². The molecule has 18 heavy (non-hydrogen) atoms. The van der Waals surface area contributed by atoms with Crippen molar-refractivity contribution in [3.8, 4) is 11.4 Å². The van der Waals surface area contributed by atoms with Crippen LogP contribution in [0.4, 0.5) is 4.39 Å². The number of benzene rings is 1. The van der Waals surface area contributed by atoms with Crippen molar-refractivity contribution in [3.63, 3.8) is 0 Å². The summed E-state index contributed by atoms with van der Waals surface area (Å²) in [6.45, 7) is 0.0818. The van der Waals surface area contributed by atoms with E-state index >= 15 is 0 Å². The topological polar surface area (TPSA) is 80.9 Å². The maximum absolute atomic E-state index is 13.7. The number of carbonyl (C=O) groups is 1. The predicted octanol–water partition coefficient (Wildman–Crippen LogP) is 1.72. The molecule has 0 fully saturated rings. The summed E-state index contributed by atoms with van der Waals surface area (Å²) in [5, 5.41) is 19.4. The van der Waals surface area contributed by atoms with Crippen molar-refractivity contribution >= 4 is 21.9 Å². The summed E-state index contributed by atoms with van der Waals surface area (Å²) in [5.74, 6) is -1.25. The summed E-state index contributed by atoms with van der Waals surface area (Å²) in [6, 6.07) is 4.50. The molecule has 0 saturated carbocycles. The average Bonchev–Trinajstić information content (AvgIpc) is 2.74. The van der Waals surface area contributed by atoms with Crippen molar-refractivity contribution in [1.82, 2.24) is 20.2 Å². The number of carboxylic acid groups (broad SMARTS) is 1. The highest BCUT2D eigenvalue weighted by molar-refractivity contribution is 9.10. The molecule has 1 aromatic heterocycles.